The molecule has 3 rings (SSSR count). The van der Waals surface area contributed by atoms with Crippen LogP contribution in [0.1, 0.15) is 44.7 Å². The first-order valence-electron chi connectivity index (χ1n) is 7.87. The van der Waals surface area contributed by atoms with Gasteiger partial charge in [0.15, 0.2) is 11.6 Å². The highest BCUT2D eigenvalue weighted by molar-refractivity contribution is 7.51. The molecule has 130 valence electrons. The van der Waals surface area contributed by atoms with Gasteiger partial charge in [0.05, 0.1) is 12.2 Å². The van der Waals surface area contributed by atoms with E-state index in [0.717, 1.165) is 0 Å². The fraction of sp³-hybridized carbons (Fsp3) is 0.222. The molecular formula is C18H17O6P. The Labute approximate surface area is 144 Å². The van der Waals surface area contributed by atoms with Gasteiger partial charge in [-0.15, -0.1) is 0 Å². The summed E-state index contributed by atoms with van der Waals surface area (Å²) in [7, 11) is -4.01. The maximum absolute atomic E-state index is 12.8. The number of ether oxygens (including phenoxy) is 1. The summed E-state index contributed by atoms with van der Waals surface area (Å²) in [5, 5.41) is 0. The summed E-state index contributed by atoms with van der Waals surface area (Å²) in [5.41, 5.74) is 1.31. The Morgan fingerprint density at radius 1 is 0.840 bits per heavy atom. The van der Waals surface area contributed by atoms with Crippen LogP contribution in [0.15, 0.2) is 42.5 Å². The van der Waals surface area contributed by atoms with Crippen molar-refractivity contribution in [2.24, 2.45) is 0 Å². The third-order valence-electron chi connectivity index (χ3n) is 4.02. The average Bonchev–Trinajstić information content (AvgIpc) is 2.58. The predicted octanol–water partition coefficient (Wildman–Crippen LogP) is 2.80. The van der Waals surface area contributed by atoms with Gasteiger partial charge in [-0.25, -0.2) is 0 Å². The molecule has 0 saturated heterocycles. The van der Waals surface area contributed by atoms with E-state index in [0.29, 0.717) is 35.3 Å². The summed E-state index contributed by atoms with van der Waals surface area (Å²) in [6.45, 7) is 0.208. The van der Waals surface area contributed by atoms with Crippen LogP contribution in [0, 0.1) is 0 Å². The van der Waals surface area contributed by atoms with Crippen molar-refractivity contribution >= 4 is 19.2 Å². The molecule has 0 aromatic heterocycles. The summed E-state index contributed by atoms with van der Waals surface area (Å²) in [4.78, 5) is 43.0. The van der Waals surface area contributed by atoms with Crippen LogP contribution in [0.3, 0.4) is 0 Å². The van der Waals surface area contributed by atoms with E-state index in [1.807, 2.05) is 0 Å². The van der Waals surface area contributed by atoms with Crippen molar-refractivity contribution < 1.29 is 28.7 Å². The number of carbonyl (C=O) groups is 2. The second kappa shape index (κ2) is 6.92. The maximum Gasteiger partial charge on any atom is 0.325 e. The maximum atomic E-state index is 12.8. The predicted molar refractivity (Wildman–Crippen MR) is 91.4 cm³/mol. The van der Waals surface area contributed by atoms with Crippen molar-refractivity contribution in [2.75, 3.05) is 12.8 Å². The minimum atomic E-state index is -4.01. The lowest BCUT2D eigenvalue weighted by Crippen LogP contribution is -2.21. The van der Waals surface area contributed by atoms with Crippen molar-refractivity contribution in [2.45, 2.75) is 12.8 Å². The highest BCUT2D eigenvalue weighted by atomic mass is 31.2. The first-order valence-corrected chi connectivity index (χ1v) is 9.67. The van der Waals surface area contributed by atoms with E-state index >= 15 is 0 Å². The first-order chi connectivity index (χ1) is 11.9. The Morgan fingerprint density at radius 2 is 1.48 bits per heavy atom. The summed E-state index contributed by atoms with van der Waals surface area (Å²) in [6.07, 6.45) is 0.552. The number of carbonyl (C=O) groups excluding carboxylic acids is 2. The zero-order valence-corrected chi connectivity index (χ0v) is 14.2. The largest absolute Gasteiger partial charge is 0.493 e. The summed E-state index contributed by atoms with van der Waals surface area (Å²) < 4.78 is 16.5. The van der Waals surface area contributed by atoms with Crippen molar-refractivity contribution in [1.82, 2.24) is 0 Å². The van der Waals surface area contributed by atoms with Gasteiger partial charge >= 0.3 is 7.60 Å². The van der Waals surface area contributed by atoms with Gasteiger partial charge in [-0.3, -0.25) is 14.2 Å². The molecule has 0 saturated carbocycles. The quantitative estimate of drug-likeness (QED) is 0.518. The monoisotopic (exact) mass is 360 g/mol. The van der Waals surface area contributed by atoms with E-state index in [9.17, 15) is 14.2 Å². The van der Waals surface area contributed by atoms with Crippen LogP contribution in [0.2, 0.25) is 0 Å². The molecule has 2 aromatic rings. The summed E-state index contributed by atoms with van der Waals surface area (Å²) in [5.74, 6) is -0.144. The van der Waals surface area contributed by atoms with Gasteiger partial charge < -0.3 is 14.5 Å². The fourth-order valence-corrected chi connectivity index (χ4v) is 3.47. The number of hydrogen-bond donors (Lipinski definition) is 2. The van der Waals surface area contributed by atoms with Crippen molar-refractivity contribution in [3.8, 4) is 5.75 Å². The summed E-state index contributed by atoms with van der Waals surface area (Å²) >= 11 is 0. The van der Waals surface area contributed by atoms with Crippen LogP contribution in [-0.4, -0.2) is 34.1 Å². The molecule has 7 heteroatoms. The molecule has 6 nitrogen and oxygen atoms in total. The molecular weight excluding hydrogens is 343 g/mol. The van der Waals surface area contributed by atoms with Gasteiger partial charge in [-0.2, -0.15) is 0 Å². The van der Waals surface area contributed by atoms with Gasteiger partial charge in [0.1, 0.15) is 5.75 Å². The minimum Gasteiger partial charge on any atom is -0.493 e. The standard InChI is InChI=1S/C18H17O6P/c19-17-12-6-1-2-7-13(12)18(20)16-14(17)8-5-9-15(16)24-10-3-4-11-25(21,22)23/h1-2,5-9H,3-4,10-11H2,(H2,21,22,23). The first kappa shape index (κ1) is 17.5. The summed E-state index contributed by atoms with van der Waals surface area (Å²) in [6, 6.07) is 11.6. The Balaban J connectivity index is 1.79. The molecule has 0 amide bonds. The van der Waals surface area contributed by atoms with Gasteiger partial charge in [0.25, 0.3) is 0 Å². The van der Waals surface area contributed by atoms with E-state index < -0.39 is 7.60 Å². The molecule has 0 radical (unpaired) electrons. The number of fused-ring (bicyclic) bond motifs is 2. The van der Waals surface area contributed by atoms with Crippen LogP contribution in [0.5, 0.6) is 5.75 Å². The lowest BCUT2D eigenvalue weighted by molar-refractivity contribution is 0.0975. The van der Waals surface area contributed by atoms with Crippen LogP contribution in [0.4, 0.5) is 0 Å². The van der Waals surface area contributed by atoms with E-state index in [-0.39, 0.29) is 29.9 Å². The molecule has 0 unspecified atom stereocenters. The van der Waals surface area contributed by atoms with Crippen LogP contribution in [-0.2, 0) is 4.57 Å². The zero-order valence-electron chi connectivity index (χ0n) is 13.3. The molecule has 2 N–H and O–H groups in total. The molecule has 1 aliphatic rings. The Kier molecular flexibility index (Phi) is 4.86. The van der Waals surface area contributed by atoms with Gasteiger partial charge in [-0.1, -0.05) is 36.4 Å². The van der Waals surface area contributed by atoms with Crippen LogP contribution < -0.4 is 4.74 Å². The van der Waals surface area contributed by atoms with Crippen molar-refractivity contribution in [1.29, 1.82) is 0 Å². The van der Waals surface area contributed by atoms with Gasteiger partial charge in [0, 0.05) is 22.9 Å². The molecule has 0 fully saturated rings. The Bertz CT molecular complexity index is 883. The number of unbranched alkanes of at least 4 members (excludes halogenated alkanes) is 1. The lowest BCUT2D eigenvalue weighted by atomic mass is 9.83. The minimum absolute atomic E-state index is 0.200. The Morgan fingerprint density at radius 3 is 2.16 bits per heavy atom. The highest BCUT2D eigenvalue weighted by Crippen LogP contribution is 2.36. The number of rotatable bonds is 6. The van der Waals surface area contributed by atoms with Crippen molar-refractivity contribution in [3.05, 3.63) is 64.7 Å². The zero-order chi connectivity index (χ0) is 18.0. The number of hydrogen-bond acceptors (Lipinski definition) is 4. The topological polar surface area (TPSA) is 101 Å². The van der Waals surface area contributed by atoms with Crippen LogP contribution in [0.25, 0.3) is 0 Å². The second-order valence-electron chi connectivity index (χ2n) is 5.83. The molecule has 0 atom stereocenters. The number of ketones is 2. The van der Waals surface area contributed by atoms with Gasteiger partial charge in [0.2, 0.25) is 0 Å². The van der Waals surface area contributed by atoms with E-state index in [4.69, 9.17) is 14.5 Å². The van der Waals surface area contributed by atoms with Gasteiger partial charge in [-0.05, 0) is 18.9 Å². The second-order valence-corrected chi connectivity index (χ2v) is 7.60. The van der Waals surface area contributed by atoms with Crippen LogP contribution >= 0.6 is 7.60 Å². The smallest absolute Gasteiger partial charge is 0.325 e. The third kappa shape index (κ3) is 3.71. The molecule has 1 aliphatic carbocycles. The highest BCUT2D eigenvalue weighted by Gasteiger charge is 2.31. The Hall–Kier alpha value is -2.27. The van der Waals surface area contributed by atoms with E-state index in [1.165, 1.54) is 0 Å². The van der Waals surface area contributed by atoms with E-state index in [1.54, 1.807) is 42.5 Å². The fourth-order valence-electron chi connectivity index (χ4n) is 2.84. The lowest BCUT2D eigenvalue weighted by Gasteiger charge is -2.20. The molecule has 0 heterocycles. The normalized spacial score (nSPS) is 13.4. The third-order valence-corrected chi connectivity index (χ3v) is 4.91. The molecule has 0 spiro atoms. The van der Waals surface area contributed by atoms with Crippen molar-refractivity contribution in [3.63, 3.8) is 0 Å². The molecule has 0 aliphatic heterocycles. The van der Waals surface area contributed by atoms with E-state index in [2.05, 4.69) is 0 Å². The average molecular weight is 360 g/mol. The SMILES string of the molecule is O=C1c2ccccc2C(=O)c2c(OCCCCP(=O)(O)O)cccc21. The molecule has 0 bridgehead atoms. The molecule has 2 aromatic carbocycles. The number of benzene rings is 2. The molecule has 25 heavy (non-hydrogen) atoms.